The zero-order valence-corrected chi connectivity index (χ0v) is 12.7. The summed E-state index contributed by atoms with van der Waals surface area (Å²) >= 11 is 7.57. The topological polar surface area (TPSA) is 46.6 Å². The smallest absolute Gasteiger partial charge is 0.307 e. The van der Waals surface area contributed by atoms with Gasteiger partial charge < -0.3 is 9.64 Å². The summed E-state index contributed by atoms with van der Waals surface area (Å²) in [5, 5.41) is 0.410. The van der Waals surface area contributed by atoms with Crippen molar-refractivity contribution in [1.29, 1.82) is 0 Å². The molecular formula is C13H16ClNO3S. The number of halogens is 1. The van der Waals surface area contributed by atoms with Crippen molar-refractivity contribution >= 4 is 35.2 Å². The molecule has 1 rings (SSSR count). The van der Waals surface area contributed by atoms with Crippen molar-refractivity contribution in [3.63, 3.8) is 0 Å². The van der Waals surface area contributed by atoms with Crippen LogP contribution in [0.5, 0.6) is 0 Å². The van der Waals surface area contributed by atoms with Crippen molar-refractivity contribution in [2.45, 2.75) is 11.3 Å². The summed E-state index contributed by atoms with van der Waals surface area (Å²) in [5.41, 5.74) is 0.445. The molecule has 0 aliphatic heterocycles. The number of benzene rings is 1. The number of thioether (sulfide) groups is 1. The minimum absolute atomic E-state index is 0.165. The summed E-state index contributed by atoms with van der Waals surface area (Å²) in [6, 6.07) is 5.32. The first kappa shape index (κ1) is 15.9. The Bertz CT molecular complexity index is 479. The van der Waals surface area contributed by atoms with Crippen molar-refractivity contribution in [3.8, 4) is 0 Å². The number of carbonyl (C=O) groups excluding carboxylic acids is 2. The number of methoxy groups -OCH3 is 1. The summed E-state index contributed by atoms with van der Waals surface area (Å²) in [6.45, 7) is 0.297. The third kappa shape index (κ3) is 4.44. The normalized spacial score (nSPS) is 10.1. The molecule has 0 saturated carbocycles. The van der Waals surface area contributed by atoms with E-state index < -0.39 is 0 Å². The molecule has 0 unspecified atom stereocenters. The van der Waals surface area contributed by atoms with Gasteiger partial charge in [-0.25, -0.2) is 0 Å². The maximum atomic E-state index is 12.2. The molecule has 0 bridgehead atoms. The first-order chi connectivity index (χ1) is 8.99. The second kappa shape index (κ2) is 7.40. The van der Waals surface area contributed by atoms with Gasteiger partial charge in [-0.2, -0.15) is 0 Å². The molecule has 6 heteroatoms. The van der Waals surface area contributed by atoms with E-state index in [9.17, 15) is 9.59 Å². The lowest BCUT2D eigenvalue weighted by atomic mass is 10.2. The molecule has 0 radical (unpaired) electrons. The average Bonchev–Trinajstić information content (AvgIpc) is 2.44. The predicted octanol–water partition coefficient (Wildman–Crippen LogP) is 2.70. The molecule has 0 fully saturated rings. The number of carbonyl (C=O) groups is 2. The number of ether oxygens (including phenoxy) is 1. The number of hydrogen-bond acceptors (Lipinski definition) is 4. The minimum atomic E-state index is -0.344. The van der Waals surface area contributed by atoms with Crippen LogP contribution >= 0.6 is 23.4 Å². The Kier molecular flexibility index (Phi) is 6.18. The van der Waals surface area contributed by atoms with E-state index in [0.29, 0.717) is 17.1 Å². The Hall–Kier alpha value is -1.20. The zero-order chi connectivity index (χ0) is 14.4. The molecule has 19 heavy (non-hydrogen) atoms. The monoisotopic (exact) mass is 301 g/mol. The minimum Gasteiger partial charge on any atom is -0.469 e. The SMILES string of the molecule is COC(=O)CCN(C)C(=O)c1cc(SC)ccc1Cl. The molecule has 1 aromatic rings. The Morgan fingerprint density at radius 1 is 1.42 bits per heavy atom. The number of nitrogens with zero attached hydrogens (tertiary/aromatic N) is 1. The van der Waals surface area contributed by atoms with Crippen molar-refractivity contribution < 1.29 is 14.3 Å². The van der Waals surface area contributed by atoms with E-state index in [2.05, 4.69) is 4.74 Å². The molecule has 0 N–H and O–H groups in total. The highest BCUT2D eigenvalue weighted by Crippen LogP contribution is 2.24. The van der Waals surface area contributed by atoms with Gasteiger partial charge in [-0.05, 0) is 24.5 Å². The van der Waals surface area contributed by atoms with Crippen LogP contribution in [0.2, 0.25) is 5.02 Å². The van der Waals surface area contributed by atoms with E-state index in [4.69, 9.17) is 11.6 Å². The van der Waals surface area contributed by atoms with Crippen LogP contribution in [0.25, 0.3) is 0 Å². The third-order valence-corrected chi connectivity index (χ3v) is 3.68. The molecule has 1 amide bonds. The average molecular weight is 302 g/mol. The Morgan fingerprint density at radius 2 is 2.11 bits per heavy atom. The van der Waals surface area contributed by atoms with E-state index in [1.54, 1.807) is 19.2 Å². The predicted molar refractivity (Wildman–Crippen MR) is 76.8 cm³/mol. The number of esters is 1. The van der Waals surface area contributed by atoms with Crippen molar-refractivity contribution in [2.24, 2.45) is 0 Å². The third-order valence-electron chi connectivity index (χ3n) is 2.63. The number of hydrogen-bond donors (Lipinski definition) is 0. The lowest BCUT2D eigenvalue weighted by molar-refractivity contribution is -0.140. The van der Waals surface area contributed by atoms with Crippen molar-refractivity contribution in [2.75, 3.05) is 27.0 Å². The summed E-state index contributed by atoms with van der Waals surface area (Å²) in [4.78, 5) is 25.7. The maximum Gasteiger partial charge on any atom is 0.307 e. The largest absolute Gasteiger partial charge is 0.469 e. The summed E-state index contributed by atoms with van der Waals surface area (Å²) in [7, 11) is 2.95. The van der Waals surface area contributed by atoms with E-state index in [-0.39, 0.29) is 18.3 Å². The van der Waals surface area contributed by atoms with Crippen LogP contribution in [0.1, 0.15) is 16.8 Å². The van der Waals surface area contributed by atoms with Gasteiger partial charge in [0.2, 0.25) is 0 Å². The molecule has 4 nitrogen and oxygen atoms in total. The van der Waals surface area contributed by atoms with Gasteiger partial charge in [0.1, 0.15) is 0 Å². The molecule has 1 aromatic carbocycles. The standard InChI is InChI=1S/C13H16ClNO3S/c1-15(7-6-12(16)18-2)13(17)10-8-9(19-3)4-5-11(10)14/h4-5,8H,6-7H2,1-3H3. The van der Waals surface area contributed by atoms with Crippen LogP contribution in [-0.4, -0.2) is 43.7 Å². The molecular weight excluding hydrogens is 286 g/mol. The Morgan fingerprint density at radius 3 is 2.68 bits per heavy atom. The van der Waals surface area contributed by atoms with Crippen LogP contribution in [0.15, 0.2) is 23.1 Å². The van der Waals surface area contributed by atoms with Crippen LogP contribution in [0.4, 0.5) is 0 Å². The van der Waals surface area contributed by atoms with Gasteiger partial charge in [0.05, 0.1) is 24.1 Å². The van der Waals surface area contributed by atoms with E-state index in [1.165, 1.54) is 23.8 Å². The van der Waals surface area contributed by atoms with Crippen LogP contribution in [0, 0.1) is 0 Å². The fraction of sp³-hybridized carbons (Fsp3) is 0.385. The maximum absolute atomic E-state index is 12.2. The molecule has 0 saturated heterocycles. The summed E-state index contributed by atoms with van der Waals surface area (Å²) in [6.07, 6.45) is 2.09. The molecule has 0 aromatic heterocycles. The fourth-order valence-corrected chi connectivity index (χ4v) is 2.10. The van der Waals surface area contributed by atoms with Gasteiger partial charge in [0.15, 0.2) is 0 Å². The molecule has 0 aliphatic carbocycles. The van der Waals surface area contributed by atoms with Gasteiger partial charge >= 0.3 is 5.97 Å². The molecule has 0 spiro atoms. The fourth-order valence-electron chi connectivity index (χ4n) is 1.46. The van der Waals surface area contributed by atoms with Gasteiger partial charge in [0, 0.05) is 18.5 Å². The van der Waals surface area contributed by atoms with E-state index in [0.717, 1.165) is 4.90 Å². The van der Waals surface area contributed by atoms with E-state index >= 15 is 0 Å². The summed E-state index contributed by atoms with van der Waals surface area (Å²) in [5.74, 6) is -0.548. The Labute approximate surface area is 122 Å². The van der Waals surface area contributed by atoms with E-state index in [1.807, 2.05) is 12.3 Å². The lowest BCUT2D eigenvalue weighted by Crippen LogP contribution is -2.29. The van der Waals surface area contributed by atoms with Gasteiger partial charge in [0.25, 0.3) is 5.91 Å². The highest BCUT2D eigenvalue weighted by atomic mass is 35.5. The first-order valence-corrected chi connectivity index (χ1v) is 7.25. The first-order valence-electron chi connectivity index (χ1n) is 5.65. The van der Waals surface area contributed by atoms with Crippen LogP contribution < -0.4 is 0 Å². The molecule has 0 atom stereocenters. The zero-order valence-electron chi connectivity index (χ0n) is 11.1. The molecule has 0 heterocycles. The number of rotatable bonds is 5. The highest BCUT2D eigenvalue weighted by molar-refractivity contribution is 7.98. The lowest BCUT2D eigenvalue weighted by Gasteiger charge is -2.17. The molecule has 0 aliphatic rings. The van der Waals surface area contributed by atoms with Crippen LogP contribution in [0.3, 0.4) is 0 Å². The van der Waals surface area contributed by atoms with Gasteiger partial charge in [-0.1, -0.05) is 11.6 Å². The second-order valence-corrected chi connectivity index (χ2v) is 5.19. The highest BCUT2D eigenvalue weighted by Gasteiger charge is 2.16. The van der Waals surface area contributed by atoms with Gasteiger partial charge in [-0.15, -0.1) is 11.8 Å². The number of amides is 1. The van der Waals surface area contributed by atoms with Crippen LogP contribution in [-0.2, 0) is 9.53 Å². The van der Waals surface area contributed by atoms with Gasteiger partial charge in [-0.3, -0.25) is 9.59 Å². The van der Waals surface area contributed by atoms with Crippen molar-refractivity contribution in [1.82, 2.24) is 4.90 Å². The van der Waals surface area contributed by atoms with Crippen molar-refractivity contribution in [3.05, 3.63) is 28.8 Å². The Balaban J connectivity index is 2.78. The second-order valence-electron chi connectivity index (χ2n) is 3.90. The quantitative estimate of drug-likeness (QED) is 0.620. The molecule has 104 valence electrons. The summed E-state index contributed by atoms with van der Waals surface area (Å²) < 4.78 is 4.54.